The minimum Gasteiger partial charge on any atom is -0.490 e. The first-order chi connectivity index (χ1) is 16.4. The zero-order chi connectivity index (χ0) is 24.5. The third kappa shape index (κ3) is 6.55. The van der Waals surface area contributed by atoms with E-state index in [-0.39, 0.29) is 12.4 Å². The largest absolute Gasteiger partial charge is 0.490 e. The van der Waals surface area contributed by atoms with Gasteiger partial charge in [0.25, 0.3) is 0 Å². The zero-order valence-corrected chi connectivity index (χ0v) is 19.4. The van der Waals surface area contributed by atoms with Gasteiger partial charge < -0.3 is 14.8 Å². The number of benzene rings is 3. The van der Waals surface area contributed by atoms with Crippen LogP contribution in [0.3, 0.4) is 0 Å². The molecule has 0 unspecified atom stereocenters. The summed E-state index contributed by atoms with van der Waals surface area (Å²) >= 11 is 6.02. The van der Waals surface area contributed by atoms with Gasteiger partial charge in [-0.2, -0.15) is 5.10 Å². The number of hydrogen-bond donors (Lipinski definition) is 2. The number of hydrogen-bond acceptors (Lipinski definition) is 5. The van der Waals surface area contributed by atoms with Crippen LogP contribution in [0.2, 0.25) is 5.02 Å². The van der Waals surface area contributed by atoms with Crippen LogP contribution in [0.1, 0.15) is 23.6 Å². The molecule has 0 aliphatic carbocycles. The van der Waals surface area contributed by atoms with E-state index in [9.17, 15) is 14.0 Å². The highest BCUT2D eigenvalue weighted by Gasteiger charge is 2.15. The first kappa shape index (κ1) is 24.7. The molecule has 7 nitrogen and oxygen atoms in total. The lowest BCUT2D eigenvalue weighted by atomic mass is 10.2. The number of amides is 2. The van der Waals surface area contributed by atoms with Crippen LogP contribution in [0.5, 0.6) is 11.5 Å². The fraction of sp³-hybridized carbons (Fsp3) is 0.160. The van der Waals surface area contributed by atoms with E-state index in [2.05, 4.69) is 15.8 Å². The molecule has 3 aromatic rings. The quantitative estimate of drug-likeness (QED) is 0.272. The number of nitrogens with one attached hydrogen (secondary N) is 2. The highest BCUT2D eigenvalue weighted by Crippen LogP contribution is 2.29. The molecule has 34 heavy (non-hydrogen) atoms. The highest BCUT2D eigenvalue weighted by atomic mass is 35.5. The first-order valence-electron chi connectivity index (χ1n) is 10.4. The summed E-state index contributed by atoms with van der Waals surface area (Å²) in [5.74, 6) is -1.31. The van der Waals surface area contributed by atoms with E-state index >= 15 is 0 Å². The molecule has 2 N–H and O–H groups in total. The molecule has 0 atom stereocenters. The lowest BCUT2D eigenvalue weighted by molar-refractivity contribution is -0.136. The average molecular weight is 484 g/mol. The summed E-state index contributed by atoms with van der Waals surface area (Å²) in [5, 5.41) is 6.79. The first-order valence-corrected chi connectivity index (χ1v) is 10.8. The standard InChI is InChI=1S/C25H23ClFN3O4/c1-3-33-23-13-17(11-12-22(23)34-15-18-7-4-5-9-20(18)27)14-28-30-25(32)24(31)29-21-10-6-8-19(26)16(21)2/h4-14H,3,15H2,1-2H3,(H,29,31)(H,30,32)/b28-14+. The Hall–Kier alpha value is -3.91. The maximum atomic E-state index is 13.8. The monoisotopic (exact) mass is 483 g/mol. The second-order valence-corrected chi connectivity index (χ2v) is 7.49. The van der Waals surface area contributed by atoms with Gasteiger partial charge in [0.2, 0.25) is 0 Å². The van der Waals surface area contributed by atoms with Crippen LogP contribution in [0.25, 0.3) is 0 Å². The molecule has 176 valence electrons. The van der Waals surface area contributed by atoms with Crippen LogP contribution in [-0.4, -0.2) is 24.6 Å². The third-order valence-corrected chi connectivity index (χ3v) is 5.12. The number of nitrogens with zero attached hydrogens (tertiary/aromatic N) is 1. The minimum atomic E-state index is -0.939. The van der Waals surface area contributed by atoms with Crippen molar-refractivity contribution in [2.24, 2.45) is 5.10 Å². The summed E-state index contributed by atoms with van der Waals surface area (Å²) in [5.41, 5.74) is 4.27. The molecule has 0 aliphatic heterocycles. The van der Waals surface area contributed by atoms with Crippen molar-refractivity contribution < 1.29 is 23.5 Å². The van der Waals surface area contributed by atoms with E-state index < -0.39 is 11.8 Å². The van der Waals surface area contributed by atoms with Gasteiger partial charge in [-0.1, -0.05) is 35.9 Å². The second kappa shape index (κ2) is 11.8. The Kier molecular flexibility index (Phi) is 8.59. The normalized spacial score (nSPS) is 10.7. The van der Waals surface area contributed by atoms with E-state index in [4.69, 9.17) is 21.1 Å². The zero-order valence-electron chi connectivity index (χ0n) is 18.6. The van der Waals surface area contributed by atoms with Crippen molar-refractivity contribution >= 4 is 35.3 Å². The second-order valence-electron chi connectivity index (χ2n) is 7.08. The topological polar surface area (TPSA) is 89.0 Å². The molecule has 0 radical (unpaired) electrons. The Balaban J connectivity index is 1.61. The number of halogens is 2. The molecule has 9 heteroatoms. The van der Waals surface area contributed by atoms with Crippen LogP contribution in [0.4, 0.5) is 10.1 Å². The molecular weight excluding hydrogens is 461 g/mol. The maximum Gasteiger partial charge on any atom is 0.329 e. The van der Waals surface area contributed by atoms with Gasteiger partial charge >= 0.3 is 11.8 Å². The predicted molar refractivity (Wildman–Crippen MR) is 129 cm³/mol. The van der Waals surface area contributed by atoms with Gasteiger partial charge in [-0.25, -0.2) is 9.82 Å². The molecule has 0 fully saturated rings. The summed E-state index contributed by atoms with van der Waals surface area (Å²) < 4.78 is 25.2. The van der Waals surface area contributed by atoms with Gasteiger partial charge in [0.1, 0.15) is 12.4 Å². The van der Waals surface area contributed by atoms with Crippen molar-refractivity contribution in [1.82, 2.24) is 5.43 Å². The lowest BCUT2D eigenvalue weighted by Gasteiger charge is -2.13. The van der Waals surface area contributed by atoms with Gasteiger partial charge in [-0.3, -0.25) is 9.59 Å². The fourth-order valence-corrected chi connectivity index (χ4v) is 3.08. The van der Waals surface area contributed by atoms with E-state index in [0.717, 1.165) is 0 Å². The summed E-state index contributed by atoms with van der Waals surface area (Å²) in [4.78, 5) is 24.2. The molecule has 0 bridgehead atoms. The molecule has 0 aromatic heterocycles. The number of anilines is 1. The van der Waals surface area contributed by atoms with E-state index in [1.54, 1.807) is 61.5 Å². The Bertz CT molecular complexity index is 1220. The van der Waals surface area contributed by atoms with Gasteiger partial charge in [0.15, 0.2) is 11.5 Å². The van der Waals surface area contributed by atoms with Crippen molar-refractivity contribution in [2.75, 3.05) is 11.9 Å². The number of rotatable bonds is 8. The molecule has 0 aliphatic rings. The fourth-order valence-electron chi connectivity index (χ4n) is 2.90. The predicted octanol–water partition coefficient (Wildman–Crippen LogP) is 4.85. The number of carbonyl (C=O) groups excluding carboxylic acids is 2. The number of carbonyl (C=O) groups is 2. The molecule has 0 saturated heterocycles. The van der Waals surface area contributed by atoms with Crippen molar-refractivity contribution in [1.29, 1.82) is 0 Å². The summed E-state index contributed by atoms with van der Waals surface area (Å²) in [6.07, 6.45) is 1.36. The minimum absolute atomic E-state index is 0.0391. The van der Waals surface area contributed by atoms with Crippen LogP contribution < -0.4 is 20.2 Å². The molecule has 3 rings (SSSR count). The van der Waals surface area contributed by atoms with E-state index in [0.29, 0.717) is 45.5 Å². The number of ether oxygens (including phenoxy) is 2. The van der Waals surface area contributed by atoms with Crippen LogP contribution in [0.15, 0.2) is 65.8 Å². The van der Waals surface area contributed by atoms with Crippen LogP contribution >= 0.6 is 11.6 Å². The van der Waals surface area contributed by atoms with Crippen molar-refractivity contribution in [2.45, 2.75) is 20.5 Å². The van der Waals surface area contributed by atoms with Gasteiger partial charge in [0.05, 0.1) is 12.8 Å². The van der Waals surface area contributed by atoms with Crippen molar-refractivity contribution in [3.8, 4) is 11.5 Å². The molecular formula is C25H23ClFN3O4. The molecule has 3 aromatic carbocycles. The van der Waals surface area contributed by atoms with E-state index in [1.807, 2.05) is 6.92 Å². The molecule has 0 heterocycles. The van der Waals surface area contributed by atoms with E-state index in [1.165, 1.54) is 12.3 Å². The highest BCUT2D eigenvalue weighted by molar-refractivity contribution is 6.40. The van der Waals surface area contributed by atoms with Crippen molar-refractivity contribution in [3.63, 3.8) is 0 Å². The van der Waals surface area contributed by atoms with Crippen molar-refractivity contribution in [3.05, 3.63) is 88.2 Å². The summed E-state index contributed by atoms with van der Waals surface area (Å²) in [7, 11) is 0. The molecule has 0 spiro atoms. The molecule has 0 saturated carbocycles. The van der Waals surface area contributed by atoms with Crippen LogP contribution in [-0.2, 0) is 16.2 Å². The summed E-state index contributed by atoms with van der Waals surface area (Å²) in [6.45, 7) is 3.98. The van der Waals surface area contributed by atoms with Gasteiger partial charge in [-0.15, -0.1) is 0 Å². The van der Waals surface area contributed by atoms with Gasteiger partial charge in [-0.05, 0) is 61.4 Å². The average Bonchev–Trinajstić information content (AvgIpc) is 2.82. The number of hydrazone groups is 1. The lowest BCUT2D eigenvalue weighted by Crippen LogP contribution is -2.32. The maximum absolute atomic E-state index is 13.8. The van der Waals surface area contributed by atoms with Crippen LogP contribution in [0, 0.1) is 12.7 Å². The third-order valence-electron chi connectivity index (χ3n) is 4.71. The smallest absolute Gasteiger partial charge is 0.329 e. The Labute approximate surface area is 201 Å². The Morgan fingerprint density at radius 3 is 2.59 bits per heavy atom. The summed E-state index contributed by atoms with van der Waals surface area (Å²) in [6, 6.07) is 16.3. The van der Waals surface area contributed by atoms with Gasteiger partial charge in [0, 0.05) is 16.3 Å². The Morgan fingerprint density at radius 2 is 1.82 bits per heavy atom. The SMILES string of the molecule is CCOc1cc(/C=N/NC(=O)C(=O)Nc2cccc(Cl)c2C)ccc1OCc1ccccc1F. The molecule has 2 amide bonds. The Morgan fingerprint density at radius 1 is 1.03 bits per heavy atom.